The molecular weight excluding hydrogens is 317 g/mol. The molecule has 1 aromatic rings. The van der Waals surface area contributed by atoms with E-state index in [-0.39, 0.29) is 16.0 Å². The lowest BCUT2D eigenvalue weighted by Crippen LogP contribution is -2.56. The second kappa shape index (κ2) is 5.22. The Hall–Kier alpha value is -0.930. The summed E-state index contributed by atoms with van der Waals surface area (Å²) in [6, 6.07) is 2.04. The first-order chi connectivity index (χ1) is 8.83. The SMILES string of the molecule is O=[N+]([O-])c1c(Cl)ccc(S(=O)(=O)NC2CNC2)c1Cl. The predicted molar refractivity (Wildman–Crippen MR) is 70.1 cm³/mol. The molecule has 2 rings (SSSR count). The zero-order chi connectivity index (χ0) is 14.2. The molecule has 104 valence electrons. The summed E-state index contributed by atoms with van der Waals surface area (Å²) >= 11 is 11.4. The summed E-state index contributed by atoms with van der Waals surface area (Å²) in [6.45, 7) is 1.01. The lowest BCUT2D eigenvalue weighted by Gasteiger charge is -2.27. The Labute approximate surface area is 119 Å². The zero-order valence-electron chi connectivity index (χ0n) is 9.39. The molecule has 0 atom stereocenters. The molecule has 0 spiro atoms. The van der Waals surface area contributed by atoms with Crippen molar-refractivity contribution in [2.24, 2.45) is 0 Å². The van der Waals surface area contributed by atoms with Gasteiger partial charge >= 0.3 is 5.69 Å². The van der Waals surface area contributed by atoms with Crippen molar-refractivity contribution < 1.29 is 13.3 Å². The molecule has 1 heterocycles. The summed E-state index contributed by atoms with van der Waals surface area (Å²) in [5.74, 6) is 0. The molecule has 1 fully saturated rings. The first-order valence-corrected chi connectivity index (χ1v) is 7.42. The molecule has 1 aliphatic heterocycles. The quantitative estimate of drug-likeness (QED) is 0.638. The Bertz CT molecular complexity index is 631. The third kappa shape index (κ3) is 2.82. The minimum atomic E-state index is -3.91. The van der Waals surface area contributed by atoms with Crippen molar-refractivity contribution >= 4 is 38.9 Å². The van der Waals surface area contributed by atoms with Gasteiger partial charge in [-0.3, -0.25) is 10.1 Å². The van der Waals surface area contributed by atoms with Crippen LogP contribution in [0.15, 0.2) is 17.0 Å². The van der Waals surface area contributed by atoms with E-state index in [0.29, 0.717) is 13.1 Å². The van der Waals surface area contributed by atoms with Crippen LogP contribution in [-0.2, 0) is 10.0 Å². The average molecular weight is 326 g/mol. The summed E-state index contributed by atoms with van der Waals surface area (Å²) in [5, 5.41) is 13.0. The fourth-order valence-electron chi connectivity index (χ4n) is 1.55. The van der Waals surface area contributed by atoms with Gasteiger partial charge in [0.15, 0.2) is 0 Å². The molecule has 1 aromatic carbocycles. The minimum absolute atomic E-state index is 0.209. The molecule has 2 N–H and O–H groups in total. The fraction of sp³-hybridized carbons (Fsp3) is 0.333. The van der Waals surface area contributed by atoms with Crippen molar-refractivity contribution in [2.45, 2.75) is 10.9 Å². The Morgan fingerprint density at radius 3 is 2.47 bits per heavy atom. The molecule has 1 saturated heterocycles. The zero-order valence-corrected chi connectivity index (χ0v) is 11.7. The molecule has 1 aliphatic rings. The number of hydrogen-bond acceptors (Lipinski definition) is 5. The van der Waals surface area contributed by atoms with E-state index in [2.05, 4.69) is 10.0 Å². The molecule has 0 aromatic heterocycles. The molecule has 10 heteroatoms. The van der Waals surface area contributed by atoms with Gasteiger partial charge in [0.2, 0.25) is 10.0 Å². The van der Waals surface area contributed by atoms with E-state index in [1.165, 1.54) is 0 Å². The molecule has 19 heavy (non-hydrogen) atoms. The van der Waals surface area contributed by atoms with Crippen LogP contribution in [0.3, 0.4) is 0 Å². The maximum atomic E-state index is 12.1. The summed E-state index contributed by atoms with van der Waals surface area (Å²) in [5.41, 5.74) is -0.613. The molecule has 0 saturated carbocycles. The molecule has 0 bridgehead atoms. The van der Waals surface area contributed by atoms with Crippen molar-refractivity contribution in [3.8, 4) is 0 Å². The van der Waals surface area contributed by atoms with Crippen LogP contribution in [-0.4, -0.2) is 32.5 Å². The van der Waals surface area contributed by atoms with Crippen molar-refractivity contribution in [1.82, 2.24) is 10.0 Å². The van der Waals surface area contributed by atoms with Crippen molar-refractivity contribution in [3.63, 3.8) is 0 Å². The maximum absolute atomic E-state index is 12.1. The van der Waals surface area contributed by atoms with Gasteiger partial charge in [-0.25, -0.2) is 13.1 Å². The van der Waals surface area contributed by atoms with Crippen LogP contribution in [0.1, 0.15) is 0 Å². The normalized spacial score (nSPS) is 16.1. The van der Waals surface area contributed by atoms with Crippen LogP contribution in [0.5, 0.6) is 0 Å². The largest absolute Gasteiger partial charge is 0.313 e. The first kappa shape index (κ1) is 14.5. The number of nitro benzene ring substituents is 1. The van der Waals surface area contributed by atoms with Gasteiger partial charge in [0.25, 0.3) is 0 Å². The molecule has 0 unspecified atom stereocenters. The molecule has 7 nitrogen and oxygen atoms in total. The van der Waals surface area contributed by atoms with Gasteiger partial charge in [-0.2, -0.15) is 0 Å². The van der Waals surface area contributed by atoms with Crippen molar-refractivity contribution in [2.75, 3.05) is 13.1 Å². The van der Waals surface area contributed by atoms with Crippen LogP contribution in [0.25, 0.3) is 0 Å². The monoisotopic (exact) mass is 325 g/mol. The highest BCUT2D eigenvalue weighted by molar-refractivity contribution is 7.89. The Balaban J connectivity index is 2.44. The third-order valence-electron chi connectivity index (χ3n) is 2.61. The van der Waals surface area contributed by atoms with Crippen molar-refractivity contribution in [3.05, 3.63) is 32.3 Å². The highest BCUT2D eigenvalue weighted by Gasteiger charge is 2.30. The second-order valence-corrected chi connectivity index (χ2v) is 6.41. The summed E-state index contributed by atoms with van der Waals surface area (Å²) in [6.07, 6.45) is 0. The van der Waals surface area contributed by atoms with Crippen LogP contribution in [0.2, 0.25) is 10.0 Å². The first-order valence-electron chi connectivity index (χ1n) is 5.18. The van der Waals surface area contributed by atoms with E-state index < -0.39 is 25.7 Å². The smallest absolute Gasteiger partial charge is 0.307 e. The summed E-state index contributed by atoms with van der Waals surface area (Å²) in [4.78, 5) is 9.66. The van der Waals surface area contributed by atoms with Crippen LogP contribution >= 0.6 is 23.2 Å². The van der Waals surface area contributed by atoms with Gasteiger partial charge in [-0.1, -0.05) is 23.2 Å². The average Bonchev–Trinajstić information content (AvgIpc) is 2.23. The Kier molecular flexibility index (Phi) is 3.98. The number of benzene rings is 1. The van der Waals surface area contributed by atoms with Crippen LogP contribution in [0.4, 0.5) is 5.69 Å². The second-order valence-electron chi connectivity index (χ2n) is 3.94. The van der Waals surface area contributed by atoms with E-state index in [1.807, 2.05) is 0 Å². The van der Waals surface area contributed by atoms with Gasteiger partial charge in [-0.15, -0.1) is 0 Å². The minimum Gasteiger partial charge on any atom is -0.313 e. The number of sulfonamides is 1. The molecule has 0 aliphatic carbocycles. The van der Waals surface area contributed by atoms with Gasteiger partial charge < -0.3 is 5.32 Å². The lowest BCUT2D eigenvalue weighted by atomic mass is 10.2. The van der Waals surface area contributed by atoms with Crippen molar-refractivity contribution in [1.29, 1.82) is 0 Å². The van der Waals surface area contributed by atoms with E-state index in [0.717, 1.165) is 12.1 Å². The van der Waals surface area contributed by atoms with Gasteiger partial charge in [-0.05, 0) is 12.1 Å². The number of nitro groups is 1. The van der Waals surface area contributed by atoms with Gasteiger partial charge in [0.05, 0.1) is 4.92 Å². The highest BCUT2D eigenvalue weighted by Crippen LogP contribution is 2.37. The van der Waals surface area contributed by atoms with E-state index in [4.69, 9.17) is 23.2 Å². The predicted octanol–water partition coefficient (Wildman–Crippen LogP) is 1.15. The van der Waals surface area contributed by atoms with Gasteiger partial charge in [0, 0.05) is 19.1 Å². The number of nitrogens with zero attached hydrogens (tertiary/aromatic N) is 1. The lowest BCUT2D eigenvalue weighted by molar-refractivity contribution is -0.384. The maximum Gasteiger partial charge on any atom is 0.307 e. The number of hydrogen-bond donors (Lipinski definition) is 2. The Morgan fingerprint density at radius 2 is 2.00 bits per heavy atom. The van der Waals surface area contributed by atoms with Crippen LogP contribution in [0, 0.1) is 10.1 Å². The fourth-order valence-corrected chi connectivity index (χ4v) is 3.68. The van der Waals surface area contributed by atoms with E-state index in [1.54, 1.807) is 0 Å². The number of rotatable bonds is 4. The van der Waals surface area contributed by atoms with E-state index in [9.17, 15) is 18.5 Å². The summed E-state index contributed by atoms with van der Waals surface area (Å²) in [7, 11) is -3.91. The van der Waals surface area contributed by atoms with Crippen LogP contribution < -0.4 is 10.0 Å². The van der Waals surface area contributed by atoms with Gasteiger partial charge in [0.1, 0.15) is 14.9 Å². The topological polar surface area (TPSA) is 101 Å². The Morgan fingerprint density at radius 1 is 1.37 bits per heavy atom. The molecule has 0 amide bonds. The summed E-state index contributed by atoms with van der Waals surface area (Å²) < 4.78 is 26.5. The number of nitrogens with one attached hydrogen (secondary N) is 2. The number of halogens is 2. The van der Waals surface area contributed by atoms with E-state index >= 15 is 0 Å². The highest BCUT2D eigenvalue weighted by atomic mass is 35.5. The third-order valence-corrected chi connectivity index (χ3v) is 4.97. The molecule has 0 radical (unpaired) electrons. The molecular formula is C9H9Cl2N3O4S. The standard InChI is InChI=1S/C9H9Cl2N3O4S/c10-6-1-2-7(8(11)9(6)14(15)16)19(17,18)13-5-3-12-4-5/h1-2,5,12-13H,3-4H2.